The smallest absolute Gasteiger partial charge is 0.269 e. The van der Waals surface area contributed by atoms with Gasteiger partial charge in [0.25, 0.3) is 5.91 Å². The zero-order valence-corrected chi connectivity index (χ0v) is 11.2. The molecule has 4 nitrogen and oxygen atoms in total. The van der Waals surface area contributed by atoms with Crippen LogP contribution < -0.4 is 10.6 Å². The minimum Gasteiger partial charge on any atom is -0.381 e. The summed E-state index contributed by atoms with van der Waals surface area (Å²) in [6.07, 6.45) is 1.60. The summed E-state index contributed by atoms with van der Waals surface area (Å²) in [6, 6.07) is 11.1. The van der Waals surface area contributed by atoms with Gasteiger partial charge in [-0.1, -0.05) is 29.8 Å². The lowest BCUT2D eigenvalue weighted by Crippen LogP contribution is -2.19. The summed E-state index contributed by atoms with van der Waals surface area (Å²) >= 11 is 6.08. The maximum atomic E-state index is 11.5. The van der Waals surface area contributed by atoms with Gasteiger partial charge in [-0.15, -0.1) is 0 Å². The number of carbonyl (C=O) groups is 1. The molecule has 98 valence electrons. The highest BCUT2D eigenvalue weighted by molar-refractivity contribution is 6.31. The van der Waals surface area contributed by atoms with Gasteiger partial charge < -0.3 is 10.6 Å². The Labute approximate surface area is 116 Å². The third kappa shape index (κ3) is 3.45. The molecular weight excluding hydrogens is 262 g/mol. The Morgan fingerprint density at radius 3 is 2.84 bits per heavy atom. The van der Waals surface area contributed by atoms with Crippen molar-refractivity contribution in [1.82, 2.24) is 10.3 Å². The second kappa shape index (κ2) is 6.20. The van der Waals surface area contributed by atoms with Crippen LogP contribution in [0.2, 0.25) is 5.02 Å². The van der Waals surface area contributed by atoms with Gasteiger partial charge in [-0.3, -0.25) is 9.78 Å². The van der Waals surface area contributed by atoms with Crippen LogP contribution in [0.5, 0.6) is 0 Å². The average Bonchev–Trinajstić information content (AvgIpc) is 2.46. The number of rotatable bonds is 4. The fourth-order valence-electron chi connectivity index (χ4n) is 1.63. The lowest BCUT2D eigenvalue weighted by molar-refractivity contribution is 0.0958. The highest BCUT2D eigenvalue weighted by atomic mass is 35.5. The number of amides is 1. The van der Waals surface area contributed by atoms with Gasteiger partial charge in [-0.05, 0) is 23.8 Å². The van der Waals surface area contributed by atoms with E-state index in [1.807, 2.05) is 30.3 Å². The van der Waals surface area contributed by atoms with Crippen molar-refractivity contribution in [3.63, 3.8) is 0 Å². The molecule has 0 atom stereocenters. The molecule has 1 aromatic carbocycles. The van der Waals surface area contributed by atoms with Gasteiger partial charge in [0.05, 0.1) is 0 Å². The molecule has 1 aromatic heterocycles. The molecule has 0 spiro atoms. The number of halogens is 1. The monoisotopic (exact) mass is 275 g/mol. The van der Waals surface area contributed by atoms with Gasteiger partial charge in [-0.25, -0.2) is 0 Å². The van der Waals surface area contributed by atoms with Crippen molar-refractivity contribution < 1.29 is 4.79 Å². The summed E-state index contributed by atoms with van der Waals surface area (Å²) in [7, 11) is 1.58. The predicted molar refractivity (Wildman–Crippen MR) is 76.4 cm³/mol. The van der Waals surface area contributed by atoms with Gasteiger partial charge >= 0.3 is 0 Å². The van der Waals surface area contributed by atoms with Gasteiger partial charge in [0.2, 0.25) is 0 Å². The maximum absolute atomic E-state index is 11.5. The molecule has 0 fully saturated rings. The number of carbonyl (C=O) groups excluding carboxylic acids is 1. The van der Waals surface area contributed by atoms with Crippen LogP contribution in [0, 0.1) is 0 Å². The SMILES string of the molecule is CNC(=O)c1cc(NCc2ccccc2Cl)ccn1. The van der Waals surface area contributed by atoms with E-state index >= 15 is 0 Å². The van der Waals surface area contributed by atoms with E-state index in [4.69, 9.17) is 11.6 Å². The lowest BCUT2D eigenvalue weighted by Gasteiger charge is -2.08. The number of pyridine rings is 1. The second-order valence-corrected chi connectivity index (χ2v) is 4.36. The quantitative estimate of drug-likeness (QED) is 0.902. The molecule has 0 bridgehead atoms. The Bertz CT molecular complexity index is 586. The Hall–Kier alpha value is -2.07. The summed E-state index contributed by atoms with van der Waals surface area (Å²) in [4.78, 5) is 15.5. The molecule has 0 saturated heterocycles. The molecule has 0 aliphatic rings. The van der Waals surface area contributed by atoms with Crippen LogP contribution in [0.4, 0.5) is 5.69 Å². The minimum atomic E-state index is -0.207. The number of aromatic nitrogens is 1. The van der Waals surface area contributed by atoms with Crippen molar-refractivity contribution in [3.05, 3.63) is 58.9 Å². The van der Waals surface area contributed by atoms with E-state index in [2.05, 4.69) is 15.6 Å². The van der Waals surface area contributed by atoms with E-state index in [9.17, 15) is 4.79 Å². The summed E-state index contributed by atoms with van der Waals surface area (Å²) in [5, 5.41) is 6.48. The predicted octanol–water partition coefficient (Wildman–Crippen LogP) is 2.71. The number of nitrogens with one attached hydrogen (secondary N) is 2. The van der Waals surface area contributed by atoms with E-state index in [0.29, 0.717) is 12.2 Å². The van der Waals surface area contributed by atoms with Crippen molar-refractivity contribution in [2.45, 2.75) is 6.54 Å². The van der Waals surface area contributed by atoms with Crippen LogP contribution in [0.3, 0.4) is 0 Å². The van der Waals surface area contributed by atoms with Crippen molar-refractivity contribution >= 4 is 23.2 Å². The molecule has 0 unspecified atom stereocenters. The highest BCUT2D eigenvalue weighted by Gasteiger charge is 2.05. The first-order valence-electron chi connectivity index (χ1n) is 5.86. The first-order chi connectivity index (χ1) is 9.20. The molecule has 19 heavy (non-hydrogen) atoms. The normalized spacial score (nSPS) is 10.0. The van der Waals surface area contributed by atoms with E-state index in [1.54, 1.807) is 19.3 Å². The zero-order valence-electron chi connectivity index (χ0n) is 10.5. The third-order valence-corrected chi connectivity index (χ3v) is 3.03. The van der Waals surface area contributed by atoms with Crippen molar-refractivity contribution in [2.75, 3.05) is 12.4 Å². The molecule has 2 rings (SSSR count). The number of anilines is 1. The average molecular weight is 276 g/mol. The molecule has 1 amide bonds. The molecule has 0 radical (unpaired) electrons. The zero-order chi connectivity index (χ0) is 13.7. The van der Waals surface area contributed by atoms with Gasteiger partial charge in [0, 0.05) is 30.5 Å². The lowest BCUT2D eigenvalue weighted by atomic mass is 10.2. The van der Waals surface area contributed by atoms with E-state index in [1.165, 1.54) is 0 Å². The Morgan fingerprint density at radius 2 is 2.11 bits per heavy atom. The topological polar surface area (TPSA) is 54.0 Å². The summed E-state index contributed by atoms with van der Waals surface area (Å²) in [5.74, 6) is -0.207. The molecule has 2 N–H and O–H groups in total. The number of nitrogens with zero attached hydrogens (tertiary/aromatic N) is 1. The number of benzene rings is 1. The van der Waals surface area contributed by atoms with Crippen molar-refractivity contribution in [2.24, 2.45) is 0 Å². The Balaban J connectivity index is 2.08. The van der Waals surface area contributed by atoms with Crippen LogP contribution in [-0.2, 0) is 6.54 Å². The fourth-order valence-corrected chi connectivity index (χ4v) is 1.83. The maximum Gasteiger partial charge on any atom is 0.269 e. The second-order valence-electron chi connectivity index (χ2n) is 3.95. The van der Waals surface area contributed by atoms with Crippen LogP contribution in [0.25, 0.3) is 0 Å². The number of hydrogen-bond acceptors (Lipinski definition) is 3. The minimum absolute atomic E-state index is 0.207. The Morgan fingerprint density at radius 1 is 1.32 bits per heavy atom. The molecule has 1 heterocycles. The number of hydrogen-bond donors (Lipinski definition) is 2. The first kappa shape index (κ1) is 13.4. The fraction of sp³-hybridized carbons (Fsp3) is 0.143. The molecule has 0 aliphatic carbocycles. The summed E-state index contributed by atoms with van der Waals surface area (Å²) in [5.41, 5.74) is 2.21. The third-order valence-electron chi connectivity index (χ3n) is 2.66. The molecule has 5 heteroatoms. The van der Waals surface area contributed by atoms with E-state index in [-0.39, 0.29) is 5.91 Å². The van der Waals surface area contributed by atoms with Gasteiger partial charge in [0.15, 0.2) is 0 Å². The van der Waals surface area contributed by atoms with E-state index in [0.717, 1.165) is 16.3 Å². The van der Waals surface area contributed by atoms with Crippen LogP contribution >= 0.6 is 11.6 Å². The van der Waals surface area contributed by atoms with Crippen molar-refractivity contribution in [1.29, 1.82) is 0 Å². The molecule has 0 saturated carbocycles. The van der Waals surface area contributed by atoms with Gasteiger partial charge in [0.1, 0.15) is 5.69 Å². The van der Waals surface area contributed by atoms with Gasteiger partial charge in [-0.2, -0.15) is 0 Å². The molecule has 0 aliphatic heterocycles. The van der Waals surface area contributed by atoms with Crippen molar-refractivity contribution in [3.8, 4) is 0 Å². The van der Waals surface area contributed by atoms with E-state index < -0.39 is 0 Å². The summed E-state index contributed by atoms with van der Waals surface area (Å²) < 4.78 is 0. The standard InChI is InChI=1S/C14H14ClN3O/c1-16-14(19)13-8-11(6-7-17-13)18-9-10-4-2-3-5-12(10)15/h2-8H,9H2,1H3,(H,16,19)(H,17,18). The highest BCUT2D eigenvalue weighted by Crippen LogP contribution is 2.17. The summed E-state index contributed by atoms with van der Waals surface area (Å²) in [6.45, 7) is 0.594. The Kier molecular flexibility index (Phi) is 4.36. The van der Waals surface area contributed by atoms with Crippen LogP contribution in [0.1, 0.15) is 16.1 Å². The van der Waals surface area contributed by atoms with Crippen LogP contribution in [-0.4, -0.2) is 17.9 Å². The molecular formula is C14H14ClN3O. The van der Waals surface area contributed by atoms with Crippen LogP contribution in [0.15, 0.2) is 42.6 Å². The largest absolute Gasteiger partial charge is 0.381 e. The molecule has 2 aromatic rings. The first-order valence-corrected chi connectivity index (χ1v) is 6.24.